The molecule has 2 rings (SSSR count). The van der Waals surface area contributed by atoms with Crippen molar-refractivity contribution in [1.29, 1.82) is 0 Å². The summed E-state index contributed by atoms with van der Waals surface area (Å²) in [5.41, 5.74) is 11.0. The van der Waals surface area contributed by atoms with Crippen molar-refractivity contribution in [1.82, 2.24) is 0 Å². The second-order valence-electron chi connectivity index (χ2n) is 3.95. The van der Waals surface area contributed by atoms with Gasteiger partial charge in [0.25, 0.3) is 0 Å². The first-order valence-corrected chi connectivity index (χ1v) is 6.20. The molecule has 5 heteroatoms. The van der Waals surface area contributed by atoms with Gasteiger partial charge >= 0.3 is 0 Å². The average Bonchev–Trinajstić information content (AvgIpc) is 2.53. The van der Waals surface area contributed by atoms with Gasteiger partial charge < -0.3 is 0 Å². The zero-order valence-corrected chi connectivity index (χ0v) is 11.2. The predicted molar refractivity (Wildman–Crippen MR) is 79.9 cm³/mol. The quantitative estimate of drug-likeness (QED) is 0.262. The molecule has 0 saturated heterocycles. The molecule has 0 amide bonds. The second kappa shape index (κ2) is 6.57. The van der Waals surface area contributed by atoms with Crippen LogP contribution in [0.1, 0.15) is 5.56 Å². The first-order chi connectivity index (χ1) is 9.76. The standard InChI is InChI=1S/C15H10ClN3O/c16-15(14(10-20)18-19-17)13-8-6-12(7-9-13)11-4-2-1-3-5-11/h1-10H/b15-14-. The fourth-order valence-corrected chi connectivity index (χ4v) is 1.96. The Balaban J connectivity index is 2.38. The van der Waals surface area contributed by atoms with Gasteiger partial charge in [0.1, 0.15) is 0 Å². The summed E-state index contributed by atoms with van der Waals surface area (Å²) >= 11 is 6.03. The number of nitrogens with zero attached hydrogens (tertiary/aromatic N) is 3. The van der Waals surface area contributed by atoms with Crippen molar-refractivity contribution in [3.05, 3.63) is 76.3 Å². The fourth-order valence-electron chi connectivity index (χ4n) is 1.75. The topological polar surface area (TPSA) is 65.8 Å². The lowest BCUT2D eigenvalue weighted by molar-refractivity contribution is -0.104. The van der Waals surface area contributed by atoms with E-state index < -0.39 is 0 Å². The number of carbonyl (C=O) groups is 1. The molecule has 20 heavy (non-hydrogen) atoms. The van der Waals surface area contributed by atoms with Gasteiger partial charge in [-0.2, -0.15) is 0 Å². The van der Waals surface area contributed by atoms with Gasteiger partial charge in [-0.05, 0) is 22.2 Å². The lowest BCUT2D eigenvalue weighted by Crippen LogP contribution is -1.86. The van der Waals surface area contributed by atoms with Crippen LogP contribution < -0.4 is 0 Å². The predicted octanol–water partition coefficient (Wildman–Crippen LogP) is 4.77. The van der Waals surface area contributed by atoms with E-state index in [-0.39, 0.29) is 10.7 Å². The van der Waals surface area contributed by atoms with E-state index >= 15 is 0 Å². The number of hydrogen-bond donors (Lipinski definition) is 0. The Morgan fingerprint density at radius 2 is 1.65 bits per heavy atom. The van der Waals surface area contributed by atoms with Crippen LogP contribution in [-0.4, -0.2) is 6.29 Å². The third-order valence-corrected chi connectivity index (χ3v) is 3.15. The van der Waals surface area contributed by atoms with Crippen LogP contribution in [0, 0.1) is 0 Å². The van der Waals surface area contributed by atoms with Crippen molar-refractivity contribution >= 4 is 22.9 Å². The van der Waals surface area contributed by atoms with Gasteiger partial charge in [0, 0.05) is 4.91 Å². The van der Waals surface area contributed by atoms with Crippen molar-refractivity contribution in [3.63, 3.8) is 0 Å². The summed E-state index contributed by atoms with van der Waals surface area (Å²) in [6.07, 6.45) is 0.438. The largest absolute Gasteiger partial charge is 0.298 e. The molecule has 0 bridgehead atoms. The molecule has 2 aromatic rings. The molecular weight excluding hydrogens is 274 g/mol. The molecule has 0 saturated carbocycles. The highest BCUT2D eigenvalue weighted by molar-refractivity contribution is 6.50. The van der Waals surface area contributed by atoms with Crippen LogP contribution in [0.5, 0.6) is 0 Å². The van der Waals surface area contributed by atoms with Crippen molar-refractivity contribution in [3.8, 4) is 11.1 Å². The summed E-state index contributed by atoms with van der Waals surface area (Å²) in [7, 11) is 0. The number of azide groups is 1. The molecule has 0 aliphatic heterocycles. The Kier molecular flexibility index (Phi) is 4.56. The summed E-state index contributed by atoms with van der Waals surface area (Å²) in [5.74, 6) is 0. The number of carbonyl (C=O) groups excluding carboxylic acids is 1. The van der Waals surface area contributed by atoms with E-state index in [4.69, 9.17) is 17.1 Å². The summed E-state index contributed by atoms with van der Waals surface area (Å²) in [6, 6.07) is 17.2. The van der Waals surface area contributed by atoms with Crippen LogP contribution in [0.25, 0.3) is 26.6 Å². The van der Waals surface area contributed by atoms with Crippen molar-refractivity contribution in [2.75, 3.05) is 0 Å². The third-order valence-electron chi connectivity index (χ3n) is 2.73. The van der Waals surface area contributed by atoms with Crippen LogP contribution in [0.2, 0.25) is 0 Å². The van der Waals surface area contributed by atoms with E-state index in [9.17, 15) is 4.79 Å². The lowest BCUT2D eigenvalue weighted by Gasteiger charge is -2.04. The molecule has 0 aliphatic rings. The highest BCUT2D eigenvalue weighted by Crippen LogP contribution is 2.26. The van der Waals surface area contributed by atoms with Crippen LogP contribution in [0.3, 0.4) is 0 Å². The van der Waals surface area contributed by atoms with E-state index in [1.165, 1.54) is 0 Å². The maximum absolute atomic E-state index is 10.8. The fraction of sp³-hybridized carbons (Fsp3) is 0. The highest BCUT2D eigenvalue weighted by atomic mass is 35.5. The molecule has 2 aromatic carbocycles. The van der Waals surface area contributed by atoms with E-state index in [1.807, 2.05) is 42.5 Å². The van der Waals surface area contributed by atoms with E-state index in [0.717, 1.165) is 11.1 Å². The molecule has 98 valence electrons. The lowest BCUT2D eigenvalue weighted by atomic mass is 10.0. The average molecular weight is 284 g/mol. The van der Waals surface area contributed by atoms with Gasteiger partial charge in [-0.3, -0.25) is 4.79 Å². The maximum atomic E-state index is 10.8. The molecule has 0 spiro atoms. The summed E-state index contributed by atoms with van der Waals surface area (Å²) < 4.78 is 0. The Morgan fingerprint density at radius 3 is 2.20 bits per heavy atom. The number of halogens is 1. The highest BCUT2D eigenvalue weighted by Gasteiger charge is 2.05. The third kappa shape index (κ3) is 3.06. The Bertz CT molecular complexity index is 687. The second-order valence-corrected chi connectivity index (χ2v) is 4.33. The number of allylic oxidation sites excluding steroid dienone is 1. The molecule has 0 N–H and O–H groups in total. The van der Waals surface area contributed by atoms with E-state index in [1.54, 1.807) is 12.1 Å². The zero-order valence-electron chi connectivity index (χ0n) is 10.4. The number of hydrogen-bond acceptors (Lipinski definition) is 2. The van der Waals surface area contributed by atoms with Crippen LogP contribution >= 0.6 is 11.6 Å². The first kappa shape index (κ1) is 13.9. The normalized spacial score (nSPS) is 11.2. The van der Waals surface area contributed by atoms with Crippen LogP contribution in [0.4, 0.5) is 0 Å². The summed E-state index contributed by atoms with van der Waals surface area (Å²) in [4.78, 5) is 13.4. The number of benzene rings is 2. The van der Waals surface area contributed by atoms with Crippen molar-refractivity contribution < 1.29 is 4.79 Å². The summed E-state index contributed by atoms with van der Waals surface area (Å²) in [5, 5.41) is 3.40. The minimum absolute atomic E-state index is 0.123. The number of rotatable bonds is 4. The molecule has 0 aliphatic carbocycles. The molecule has 0 unspecified atom stereocenters. The monoisotopic (exact) mass is 283 g/mol. The van der Waals surface area contributed by atoms with Gasteiger partial charge in [0.2, 0.25) is 0 Å². The zero-order chi connectivity index (χ0) is 14.4. The minimum atomic E-state index is -0.123. The molecule has 0 atom stereocenters. The van der Waals surface area contributed by atoms with Gasteiger partial charge in [0.15, 0.2) is 6.29 Å². The van der Waals surface area contributed by atoms with Crippen molar-refractivity contribution in [2.24, 2.45) is 5.11 Å². The Labute approximate surface area is 120 Å². The number of aldehydes is 1. The smallest absolute Gasteiger partial charge is 0.153 e. The first-order valence-electron chi connectivity index (χ1n) is 5.82. The Hall–Kier alpha value is -2.55. The van der Waals surface area contributed by atoms with Gasteiger partial charge in [-0.1, -0.05) is 71.3 Å². The Morgan fingerprint density at radius 1 is 1.05 bits per heavy atom. The minimum Gasteiger partial charge on any atom is -0.298 e. The summed E-state index contributed by atoms with van der Waals surface area (Å²) in [6.45, 7) is 0. The molecular formula is C15H10ClN3O. The molecule has 0 radical (unpaired) electrons. The molecule has 0 aromatic heterocycles. The van der Waals surface area contributed by atoms with Gasteiger partial charge in [-0.15, -0.1) is 0 Å². The molecule has 4 nitrogen and oxygen atoms in total. The van der Waals surface area contributed by atoms with E-state index in [2.05, 4.69) is 10.0 Å². The van der Waals surface area contributed by atoms with Gasteiger partial charge in [0.05, 0.1) is 10.7 Å². The van der Waals surface area contributed by atoms with Crippen LogP contribution in [0.15, 0.2) is 65.4 Å². The molecule has 0 heterocycles. The maximum Gasteiger partial charge on any atom is 0.153 e. The van der Waals surface area contributed by atoms with Crippen LogP contribution in [-0.2, 0) is 4.79 Å². The van der Waals surface area contributed by atoms with Crippen molar-refractivity contribution in [2.45, 2.75) is 0 Å². The molecule has 0 fully saturated rings. The van der Waals surface area contributed by atoms with Gasteiger partial charge in [-0.25, -0.2) is 0 Å². The van der Waals surface area contributed by atoms with E-state index in [0.29, 0.717) is 11.8 Å². The SMILES string of the molecule is [N-]=[N+]=N/C(C=O)=C(\Cl)c1ccc(-c2ccccc2)cc1.